The fourth-order valence-electron chi connectivity index (χ4n) is 5.80. The number of benzene rings is 1. The predicted molar refractivity (Wildman–Crippen MR) is 144 cm³/mol. The highest BCUT2D eigenvalue weighted by molar-refractivity contribution is 5.79. The molecular weight excluding hydrogens is 466 g/mol. The molecule has 1 amide bonds. The Labute approximate surface area is 220 Å². The van der Waals surface area contributed by atoms with Gasteiger partial charge in [0.15, 0.2) is 0 Å². The first kappa shape index (κ1) is 27.1. The van der Waals surface area contributed by atoms with Crippen LogP contribution in [0.1, 0.15) is 68.7 Å². The molecule has 7 nitrogen and oxygen atoms in total. The summed E-state index contributed by atoms with van der Waals surface area (Å²) in [7, 11) is 0. The van der Waals surface area contributed by atoms with Crippen LogP contribution in [0.4, 0.5) is 0 Å². The first-order chi connectivity index (χ1) is 18.0. The topological polar surface area (TPSA) is 83.0 Å². The third-order valence-corrected chi connectivity index (χ3v) is 7.85. The number of rotatable bonds is 13. The largest absolute Gasteiger partial charge is 0.493 e. The Morgan fingerprint density at radius 1 is 1.14 bits per heavy atom. The van der Waals surface area contributed by atoms with Gasteiger partial charge in [-0.05, 0) is 55.0 Å². The SMILES string of the molecule is CCCCN(CCCC)C(=O)CN1C[C@H](c2ccc3c(c2)CCO3)C(C(=O)O)[C@@H]1CCc1ccccn1. The lowest BCUT2D eigenvalue weighted by atomic mass is 9.83. The molecule has 4 rings (SSSR count). The number of carbonyl (C=O) groups excluding carboxylic acids is 1. The number of hydrogen-bond donors (Lipinski definition) is 1. The van der Waals surface area contributed by atoms with Crippen LogP contribution in [0.3, 0.4) is 0 Å². The smallest absolute Gasteiger partial charge is 0.308 e. The number of ether oxygens (including phenoxy) is 1. The first-order valence-corrected chi connectivity index (χ1v) is 13.9. The molecule has 1 N–H and O–H groups in total. The molecule has 0 aliphatic carbocycles. The van der Waals surface area contributed by atoms with E-state index in [1.165, 1.54) is 0 Å². The third-order valence-electron chi connectivity index (χ3n) is 7.85. The zero-order valence-electron chi connectivity index (χ0n) is 22.3. The average Bonchev–Trinajstić information content (AvgIpc) is 3.52. The molecule has 1 fully saturated rings. The van der Waals surface area contributed by atoms with Crippen molar-refractivity contribution < 1.29 is 19.4 Å². The molecule has 7 heteroatoms. The summed E-state index contributed by atoms with van der Waals surface area (Å²) in [6, 6.07) is 11.7. The molecule has 1 unspecified atom stereocenters. The van der Waals surface area contributed by atoms with Crippen molar-refractivity contribution in [3.63, 3.8) is 0 Å². The van der Waals surface area contributed by atoms with Crippen LogP contribution in [-0.4, -0.2) is 70.6 Å². The van der Waals surface area contributed by atoms with Crippen molar-refractivity contribution in [2.24, 2.45) is 5.92 Å². The van der Waals surface area contributed by atoms with E-state index in [9.17, 15) is 14.7 Å². The standard InChI is InChI=1S/C30H41N3O4/c1-3-5-16-32(17-6-4-2)28(34)21-33-20-25(22-10-13-27-23(19-22)14-18-37-27)29(30(35)36)26(33)12-11-24-9-7-8-15-31-24/h7-10,13,15,19,25-26,29H,3-6,11-12,14,16-18,20-21H2,1-2H3,(H,35,36)/t25-,26+,29?/m1/s1. The molecule has 2 aromatic rings. The van der Waals surface area contributed by atoms with Crippen LogP contribution < -0.4 is 4.74 Å². The second-order valence-corrected chi connectivity index (χ2v) is 10.4. The van der Waals surface area contributed by atoms with Crippen LogP contribution >= 0.6 is 0 Å². The number of carbonyl (C=O) groups is 2. The number of unbranched alkanes of at least 4 members (excludes halogenated alkanes) is 2. The Morgan fingerprint density at radius 3 is 2.59 bits per heavy atom. The molecule has 2 aliphatic rings. The number of aromatic nitrogens is 1. The summed E-state index contributed by atoms with van der Waals surface area (Å²) in [5.41, 5.74) is 3.12. The number of amides is 1. The average molecular weight is 508 g/mol. The Balaban J connectivity index is 1.59. The molecular formula is C30H41N3O4. The summed E-state index contributed by atoms with van der Waals surface area (Å²) >= 11 is 0. The summed E-state index contributed by atoms with van der Waals surface area (Å²) in [4.78, 5) is 34.8. The van der Waals surface area contributed by atoms with E-state index < -0.39 is 11.9 Å². The summed E-state index contributed by atoms with van der Waals surface area (Å²) in [5, 5.41) is 10.4. The Bertz CT molecular complexity index is 1040. The van der Waals surface area contributed by atoms with E-state index in [0.29, 0.717) is 26.0 Å². The lowest BCUT2D eigenvalue weighted by Crippen LogP contribution is -2.44. The minimum Gasteiger partial charge on any atom is -0.493 e. The number of aliphatic carboxylic acids is 1. The highest BCUT2D eigenvalue weighted by Gasteiger charge is 2.47. The van der Waals surface area contributed by atoms with E-state index in [0.717, 1.165) is 67.8 Å². The summed E-state index contributed by atoms with van der Waals surface area (Å²) < 4.78 is 5.68. The number of fused-ring (bicyclic) bond motifs is 1. The second kappa shape index (κ2) is 13.0. The van der Waals surface area contributed by atoms with Gasteiger partial charge in [-0.2, -0.15) is 0 Å². The molecule has 1 aromatic heterocycles. The molecule has 0 radical (unpaired) electrons. The lowest BCUT2D eigenvalue weighted by Gasteiger charge is -2.29. The van der Waals surface area contributed by atoms with Crippen LogP contribution in [-0.2, 0) is 22.4 Å². The van der Waals surface area contributed by atoms with Gasteiger partial charge in [0.1, 0.15) is 5.75 Å². The maximum absolute atomic E-state index is 13.5. The molecule has 200 valence electrons. The number of likely N-dealkylation sites (tertiary alicyclic amines) is 1. The molecule has 1 aromatic carbocycles. The minimum absolute atomic E-state index is 0.108. The molecule has 37 heavy (non-hydrogen) atoms. The quantitative estimate of drug-likeness (QED) is 0.428. The van der Waals surface area contributed by atoms with Crippen molar-refractivity contribution in [3.05, 3.63) is 59.4 Å². The molecule has 3 heterocycles. The highest BCUT2D eigenvalue weighted by Crippen LogP contribution is 2.41. The number of aryl methyl sites for hydroxylation is 1. The van der Waals surface area contributed by atoms with Gasteiger partial charge in [0.25, 0.3) is 0 Å². The molecule has 3 atom stereocenters. The fraction of sp³-hybridized carbons (Fsp3) is 0.567. The van der Waals surface area contributed by atoms with Gasteiger partial charge < -0.3 is 14.7 Å². The van der Waals surface area contributed by atoms with Crippen LogP contribution in [0, 0.1) is 5.92 Å². The lowest BCUT2D eigenvalue weighted by molar-refractivity contribution is -0.143. The van der Waals surface area contributed by atoms with Crippen LogP contribution in [0.15, 0.2) is 42.6 Å². The van der Waals surface area contributed by atoms with Gasteiger partial charge in [0.2, 0.25) is 5.91 Å². The van der Waals surface area contributed by atoms with Gasteiger partial charge >= 0.3 is 5.97 Å². The van der Waals surface area contributed by atoms with Crippen molar-refractivity contribution >= 4 is 11.9 Å². The van der Waals surface area contributed by atoms with Gasteiger partial charge in [0, 0.05) is 49.9 Å². The predicted octanol–water partition coefficient (Wildman–Crippen LogP) is 4.55. The molecule has 2 aliphatic heterocycles. The summed E-state index contributed by atoms with van der Waals surface area (Å²) in [6.07, 6.45) is 7.99. The van der Waals surface area contributed by atoms with E-state index in [1.54, 1.807) is 6.20 Å². The van der Waals surface area contributed by atoms with E-state index >= 15 is 0 Å². The van der Waals surface area contributed by atoms with E-state index in [-0.39, 0.29) is 24.4 Å². The number of nitrogens with zero attached hydrogens (tertiary/aromatic N) is 3. The minimum atomic E-state index is -0.795. The van der Waals surface area contributed by atoms with E-state index in [1.807, 2.05) is 35.2 Å². The summed E-state index contributed by atoms with van der Waals surface area (Å²) in [6.45, 7) is 7.29. The molecule has 0 spiro atoms. The maximum Gasteiger partial charge on any atom is 0.308 e. The monoisotopic (exact) mass is 507 g/mol. The van der Waals surface area contributed by atoms with Crippen LogP contribution in [0.25, 0.3) is 0 Å². The van der Waals surface area contributed by atoms with Crippen molar-refractivity contribution in [2.45, 2.75) is 70.8 Å². The number of carboxylic acids is 1. The van der Waals surface area contributed by atoms with Gasteiger partial charge in [-0.1, -0.05) is 44.9 Å². The van der Waals surface area contributed by atoms with Gasteiger partial charge in [0.05, 0.1) is 19.1 Å². The fourth-order valence-corrected chi connectivity index (χ4v) is 5.80. The molecule has 0 saturated carbocycles. The van der Waals surface area contributed by atoms with Gasteiger partial charge in [-0.25, -0.2) is 0 Å². The second-order valence-electron chi connectivity index (χ2n) is 10.4. The third kappa shape index (κ3) is 6.69. The van der Waals surface area contributed by atoms with Crippen molar-refractivity contribution in [1.29, 1.82) is 0 Å². The highest BCUT2D eigenvalue weighted by atomic mass is 16.5. The molecule has 0 bridgehead atoms. The summed E-state index contributed by atoms with van der Waals surface area (Å²) in [5.74, 6) is -0.551. The van der Waals surface area contributed by atoms with E-state index in [2.05, 4.69) is 29.8 Å². The van der Waals surface area contributed by atoms with Crippen molar-refractivity contribution in [1.82, 2.24) is 14.8 Å². The maximum atomic E-state index is 13.5. The number of carboxylic acid groups (broad SMARTS) is 1. The van der Waals surface area contributed by atoms with E-state index in [4.69, 9.17) is 4.74 Å². The van der Waals surface area contributed by atoms with Crippen LogP contribution in [0.5, 0.6) is 5.75 Å². The van der Waals surface area contributed by atoms with Crippen molar-refractivity contribution in [2.75, 3.05) is 32.8 Å². The van der Waals surface area contributed by atoms with Gasteiger partial charge in [-0.15, -0.1) is 0 Å². The Kier molecular flexibility index (Phi) is 9.56. The normalized spacial score (nSPS) is 21.0. The van der Waals surface area contributed by atoms with Crippen molar-refractivity contribution in [3.8, 4) is 5.75 Å². The Morgan fingerprint density at radius 2 is 1.92 bits per heavy atom. The zero-order valence-corrected chi connectivity index (χ0v) is 22.3. The van der Waals surface area contributed by atoms with Crippen LogP contribution in [0.2, 0.25) is 0 Å². The first-order valence-electron chi connectivity index (χ1n) is 13.9. The zero-order chi connectivity index (χ0) is 26.2. The number of pyridine rings is 1. The molecule has 1 saturated heterocycles. The van der Waals surface area contributed by atoms with Gasteiger partial charge in [-0.3, -0.25) is 19.5 Å². The number of hydrogen-bond acceptors (Lipinski definition) is 5. The Hall–Kier alpha value is -2.93.